The van der Waals surface area contributed by atoms with E-state index in [2.05, 4.69) is 32.9 Å². The molecule has 0 heterocycles. The van der Waals surface area contributed by atoms with Gasteiger partial charge in [-0.15, -0.1) is 0 Å². The maximum atomic E-state index is 10.9. The van der Waals surface area contributed by atoms with E-state index in [4.69, 9.17) is 9.84 Å². The highest BCUT2D eigenvalue weighted by atomic mass is 16.5. The van der Waals surface area contributed by atoms with E-state index in [1.807, 2.05) is 13.8 Å². The minimum absolute atomic E-state index is 0.0364. The number of hydrogen-bond donors (Lipinski definition) is 1. The molecule has 0 fully saturated rings. The molecule has 3 heteroatoms. The number of hydrogen-bond acceptors (Lipinski definition) is 2. The van der Waals surface area contributed by atoms with Crippen molar-refractivity contribution in [2.24, 2.45) is 0 Å². The monoisotopic (exact) mass is 264 g/mol. The first-order valence-corrected chi connectivity index (χ1v) is 6.57. The SMILES string of the molecule is COc1c(C)cc(C(C)(C)C)cc1C(C)CC(=O)O. The molecule has 1 atom stereocenters. The second-order valence-corrected chi connectivity index (χ2v) is 6.16. The van der Waals surface area contributed by atoms with Gasteiger partial charge in [-0.2, -0.15) is 0 Å². The van der Waals surface area contributed by atoms with Gasteiger partial charge in [0.1, 0.15) is 5.75 Å². The second-order valence-electron chi connectivity index (χ2n) is 6.16. The summed E-state index contributed by atoms with van der Waals surface area (Å²) in [6.45, 7) is 10.4. The van der Waals surface area contributed by atoms with E-state index in [9.17, 15) is 4.79 Å². The van der Waals surface area contributed by atoms with Crippen LogP contribution in [0.25, 0.3) is 0 Å². The number of carbonyl (C=O) groups is 1. The molecule has 1 unspecified atom stereocenters. The molecule has 0 saturated heterocycles. The normalized spacial score (nSPS) is 13.2. The third-order valence-electron chi connectivity index (χ3n) is 3.39. The molecule has 3 nitrogen and oxygen atoms in total. The van der Waals surface area contributed by atoms with Crippen LogP contribution in [-0.4, -0.2) is 18.2 Å². The molecule has 1 aromatic carbocycles. The van der Waals surface area contributed by atoms with Crippen molar-refractivity contribution < 1.29 is 14.6 Å². The average molecular weight is 264 g/mol. The van der Waals surface area contributed by atoms with Crippen molar-refractivity contribution in [3.63, 3.8) is 0 Å². The fourth-order valence-corrected chi connectivity index (χ4v) is 2.25. The number of aliphatic carboxylic acids is 1. The van der Waals surface area contributed by atoms with Crippen LogP contribution < -0.4 is 4.74 Å². The van der Waals surface area contributed by atoms with Gasteiger partial charge in [-0.05, 0) is 34.9 Å². The van der Waals surface area contributed by atoms with Gasteiger partial charge in [0, 0.05) is 0 Å². The Hall–Kier alpha value is -1.51. The van der Waals surface area contributed by atoms with Crippen LogP contribution in [0.4, 0.5) is 0 Å². The number of benzene rings is 1. The Bertz CT molecular complexity index is 470. The van der Waals surface area contributed by atoms with E-state index in [-0.39, 0.29) is 17.8 Å². The number of carboxylic acids is 1. The highest BCUT2D eigenvalue weighted by molar-refractivity contribution is 5.68. The van der Waals surface area contributed by atoms with Crippen molar-refractivity contribution in [1.82, 2.24) is 0 Å². The number of aryl methyl sites for hydroxylation is 1. The van der Waals surface area contributed by atoms with E-state index in [1.165, 1.54) is 5.56 Å². The number of methoxy groups -OCH3 is 1. The van der Waals surface area contributed by atoms with Crippen LogP contribution in [0.3, 0.4) is 0 Å². The topological polar surface area (TPSA) is 46.5 Å². The Balaban J connectivity index is 3.34. The molecule has 0 amide bonds. The third kappa shape index (κ3) is 3.72. The first-order valence-electron chi connectivity index (χ1n) is 6.57. The maximum absolute atomic E-state index is 10.9. The molecule has 0 radical (unpaired) electrons. The Morgan fingerprint density at radius 3 is 2.37 bits per heavy atom. The lowest BCUT2D eigenvalue weighted by atomic mass is 9.82. The molecule has 0 aliphatic rings. The predicted octanol–water partition coefficient (Wildman–Crippen LogP) is 3.88. The van der Waals surface area contributed by atoms with E-state index in [0.717, 1.165) is 16.9 Å². The molecular weight excluding hydrogens is 240 g/mol. The van der Waals surface area contributed by atoms with E-state index in [1.54, 1.807) is 7.11 Å². The summed E-state index contributed by atoms with van der Waals surface area (Å²) in [7, 11) is 1.64. The molecule has 0 spiro atoms. The molecular formula is C16H24O3. The van der Waals surface area contributed by atoms with Crippen molar-refractivity contribution in [2.45, 2.75) is 52.4 Å². The van der Waals surface area contributed by atoms with Gasteiger partial charge in [-0.25, -0.2) is 0 Å². The van der Waals surface area contributed by atoms with Crippen LogP contribution in [0.2, 0.25) is 0 Å². The van der Waals surface area contributed by atoms with E-state index >= 15 is 0 Å². The van der Waals surface area contributed by atoms with Crippen LogP contribution in [0, 0.1) is 6.92 Å². The van der Waals surface area contributed by atoms with Crippen molar-refractivity contribution in [3.05, 3.63) is 28.8 Å². The van der Waals surface area contributed by atoms with Crippen LogP contribution in [0.15, 0.2) is 12.1 Å². The summed E-state index contributed by atoms with van der Waals surface area (Å²) in [5.41, 5.74) is 3.28. The first kappa shape index (κ1) is 15.5. The molecule has 1 rings (SSSR count). The summed E-state index contributed by atoms with van der Waals surface area (Å²) in [6.07, 6.45) is 0.114. The molecule has 0 aromatic heterocycles. The van der Waals surface area contributed by atoms with Gasteiger partial charge in [0.2, 0.25) is 0 Å². The average Bonchev–Trinajstić information content (AvgIpc) is 2.25. The number of ether oxygens (including phenoxy) is 1. The summed E-state index contributed by atoms with van der Waals surface area (Å²) in [6, 6.07) is 4.20. The summed E-state index contributed by atoms with van der Waals surface area (Å²) in [4.78, 5) is 10.9. The highest BCUT2D eigenvalue weighted by Crippen LogP contribution is 2.36. The van der Waals surface area contributed by atoms with Crippen molar-refractivity contribution in [2.75, 3.05) is 7.11 Å². The van der Waals surface area contributed by atoms with Crippen LogP contribution >= 0.6 is 0 Å². The lowest BCUT2D eigenvalue weighted by Crippen LogP contribution is -2.14. The molecule has 1 aromatic rings. The van der Waals surface area contributed by atoms with Gasteiger partial charge in [0.15, 0.2) is 0 Å². The van der Waals surface area contributed by atoms with Crippen LogP contribution in [0.5, 0.6) is 5.75 Å². The Labute approximate surface area is 115 Å². The minimum Gasteiger partial charge on any atom is -0.496 e. The molecule has 0 aliphatic carbocycles. The molecule has 0 saturated carbocycles. The van der Waals surface area contributed by atoms with Gasteiger partial charge in [-0.1, -0.05) is 39.8 Å². The molecule has 0 aliphatic heterocycles. The van der Waals surface area contributed by atoms with Crippen molar-refractivity contribution in [1.29, 1.82) is 0 Å². The second kappa shape index (κ2) is 5.64. The van der Waals surface area contributed by atoms with E-state index < -0.39 is 5.97 Å². The first-order chi connectivity index (χ1) is 8.66. The summed E-state index contributed by atoms with van der Waals surface area (Å²) in [5.74, 6) is -0.0384. The summed E-state index contributed by atoms with van der Waals surface area (Å²) < 4.78 is 5.45. The smallest absolute Gasteiger partial charge is 0.303 e. The van der Waals surface area contributed by atoms with Crippen molar-refractivity contribution >= 4 is 5.97 Å². The van der Waals surface area contributed by atoms with Crippen LogP contribution in [0.1, 0.15) is 56.7 Å². The third-order valence-corrected chi connectivity index (χ3v) is 3.39. The summed E-state index contributed by atoms with van der Waals surface area (Å²) >= 11 is 0. The Kier molecular flexibility index (Phi) is 4.61. The molecule has 0 bridgehead atoms. The van der Waals surface area contributed by atoms with Gasteiger partial charge in [0.25, 0.3) is 0 Å². The molecule has 1 N–H and O–H groups in total. The summed E-state index contributed by atoms with van der Waals surface area (Å²) in [5, 5.41) is 8.97. The fourth-order valence-electron chi connectivity index (χ4n) is 2.25. The van der Waals surface area contributed by atoms with Gasteiger partial charge < -0.3 is 9.84 Å². The number of rotatable bonds is 4. The zero-order chi connectivity index (χ0) is 14.8. The highest BCUT2D eigenvalue weighted by Gasteiger charge is 2.21. The van der Waals surface area contributed by atoms with Crippen molar-refractivity contribution in [3.8, 4) is 5.75 Å². The lowest BCUT2D eigenvalue weighted by molar-refractivity contribution is -0.137. The zero-order valence-electron chi connectivity index (χ0n) is 12.7. The van der Waals surface area contributed by atoms with Crippen LogP contribution in [-0.2, 0) is 10.2 Å². The van der Waals surface area contributed by atoms with E-state index in [0.29, 0.717) is 0 Å². The standard InChI is InChI=1S/C16H24O3/c1-10(8-14(17)18)13-9-12(16(3,4)5)7-11(2)15(13)19-6/h7,9-10H,8H2,1-6H3,(H,17,18). The molecule has 19 heavy (non-hydrogen) atoms. The van der Waals surface area contributed by atoms with Gasteiger partial charge >= 0.3 is 5.97 Å². The molecule has 106 valence electrons. The predicted molar refractivity (Wildman–Crippen MR) is 77.1 cm³/mol. The largest absolute Gasteiger partial charge is 0.496 e. The Morgan fingerprint density at radius 1 is 1.37 bits per heavy atom. The lowest BCUT2D eigenvalue weighted by Gasteiger charge is -2.24. The minimum atomic E-state index is -0.784. The van der Waals surface area contributed by atoms with Gasteiger partial charge in [0.05, 0.1) is 13.5 Å². The zero-order valence-corrected chi connectivity index (χ0v) is 12.7. The quantitative estimate of drug-likeness (QED) is 0.897. The maximum Gasteiger partial charge on any atom is 0.303 e. The number of carboxylic acid groups (broad SMARTS) is 1. The Morgan fingerprint density at radius 2 is 1.95 bits per heavy atom. The fraction of sp³-hybridized carbons (Fsp3) is 0.562. The van der Waals surface area contributed by atoms with Gasteiger partial charge in [-0.3, -0.25) is 4.79 Å².